The first-order chi connectivity index (χ1) is 16.0. The second-order valence-electron chi connectivity index (χ2n) is 7.91. The zero-order chi connectivity index (χ0) is 23.4. The Bertz CT molecular complexity index is 1010. The first kappa shape index (κ1) is 23.1. The normalized spacial score (nSPS) is 14.2. The molecule has 1 aliphatic heterocycles. The second kappa shape index (κ2) is 10.2. The number of aromatic nitrogens is 1. The van der Waals surface area contributed by atoms with Crippen molar-refractivity contribution in [3.05, 3.63) is 53.5 Å². The van der Waals surface area contributed by atoms with E-state index in [1.165, 1.54) is 12.2 Å². The van der Waals surface area contributed by atoms with Crippen LogP contribution in [0.25, 0.3) is 21.7 Å². The minimum atomic E-state index is -0.104. The van der Waals surface area contributed by atoms with Crippen molar-refractivity contribution >= 4 is 17.4 Å². The van der Waals surface area contributed by atoms with E-state index in [9.17, 15) is 4.79 Å². The van der Waals surface area contributed by atoms with Crippen LogP contribution in [0.3, 0.4) is 0 Å². The van der Waals surface area contributed by atoms with E-state index in [1.54, 1.807) is 32.6 Å². The zero-order valence-electron chi connectivity index (χ0n) is 19.4. The SMILES string of the molecule is COc1ccc(-c2nc(C3CCN(C(=O)N(C)OC)CC3)sc2-c2ccc(OC)cc2)cc1. The fourth-order valence-electron chi connectivity index (χ4n) is 3.99. The predicted octanol–water partition coefficient (Wildman–Crippen LogP) is 5.29. The summed E-state index contributed by atoms with van der Waals surface area (Å²) in [4.78, 5) is 25.5. The van der Waals surface area contributed by atoms with Crippen LogP contribution in [-0.4, -0.2) is 62.4 Å². The van der Waals surface area contributed by atoms with Crippen molar-refractivity contribution in [1.29, 1.82) is 0 Å². The highest BCUT2D eigenvalue weighted by Crippen LogP contribution is 2.42. The van der Waals surface area contributed by atoms with Crippen LogP contribution in [0, 0.1) is 0 Å². The third-order valence-corrected chi connectivity index (χ3v) is 7.28. The fourth-order valence-corrected chi connectivity index (χ4v) is 5.25. The van der Waals surface area contributed by atoms with E-state index in [0.717, 1.165) is 51.0 Å². The Morgan fingerprint density at radius 3 is 2.00 bits per heavy atom. The highest BCUT2D eigenvalue weighted by atomic mass is 32.1. The number of hydrogen-bond acceptors (Lipinski definition) is 6. The molecule has 0 bridgehead atoms. The largest absolute Gasteiger partial charge is 0.497 e. The van der Waals surface area contributed by atoms with Crippen LogP contribution in [0.1, 0.15) is 23.8 Å². The van der Waals surface area contributed by atoms with Gasteiger partial charge in [0.15, 0.2) is 0 Å². The molecule has 2 heterocycles. The van der Waals surface area contributed by atoms with Crippen LogP contribution in [0.2, 0.25) is 0 Å². The van der Waals surface area contributed by atoms with Crippen molar-refractivity contribution < 1.29 is 19.1 Å². The molecule has 1 aromatic heterocycles. The van der Waals surface area contributed by atoms with Crippen LogP contribution in [0.4, 0.5) is 4.79 Å². The van der Waals surface area contributed by atoms with E-state index in [2.05, 4.69) is 12.1 Å². The number of nitrogens with zero attached hydrogens (tertiary/aromatic N) is 3. The Hall–Kier alpha value is -3.10. The summed E-state index contributed by atoms with van der Waals surface area (Å²) in [6, 6.07) is 16.0. The minimum Gasteiger partial charge on any atom is -0.497 e. The van der Waals surface area contributed by atoms with Crippen molar-refractivity contribution in [3.63, 3.8) is 0 Å². The van der Waals surface area contributed by atoms with Gasteiger partial charge in [-0.15, -0.1) is 11.3 Å². The van der Waals surface area contributed by atoms with Gasteiger partial charge >= 0.3 is 6.03 Å². The molecule has 33 heavy (non-hydrogen) atoms. The summed E-state index contributed by atoms with van der Waals surface area (Å²) in [5, 5.41) is 2.38. The van der Waals surface area contributed by atoms with E-state index in [-0.39, 0.29) is 6.03 Å². The van der Waals surface area contributed by atoms with Crippen molar-refractivity contribution in [2.45, 2.75) is 18.8 Å². The molecule has 7 nitrogen and oxygen atoms in total. The number of thiazole rings is 1. The van der Waals surface area contributed by atoms with Crippen LogP contribution >= 0.6 is 11.3 Å². The average Bonchev–Trinajstić information content (AvgIpc) is 3.33. The maximum Gasteiger partial charge on any atom is 0.343 e. The molecule has 0 aliphatic carbocycles. The van der Waals surface area contributed by atoms with Crippen molar-refractivity contribution in [1.82, 2.24) is 14.9 Å². The molecule has 0 radical (unpaired) electrons. The summed E-state index contributed by atoms with van der Waals surface area (Å²) < 4.78 is 10.7. The van der Waals surface area contributed by atoms with E-state index in [0.29, 0.717) is 19.0 Å². The molecule has 0 spiro atoms. The van der Waals surface area contributed by atoms with Gasteiger partial charge in [-0.1, -0.05) is 0 Å². The number of piperidine rings is 1. The van der Waals surface area contributed by atoms with E-state index >= 15 is 0 Å². The summed E-state index contributed by atoms with van der Waals surface area (Å²) in [6.07, 6.45) is 1.75. The number of hydroxylamine groups is 2. The number of likely N-dealkylation sites (tertiary alicyclic amines) is 1. The number of carbonyl (C=O) groups excluding carboxylic acids is 1. The van der Waals surface area contributed by atoms with Gasteiger partial charge in [-0.25, -0.2) is 14.8 Å². The Balaban J connectivity index is 1.62. The van der Waals surface area contributed by atoms with Crippen LogP contribution in [-0.2, 0) is 4.84 Å². The Kier molecular flexibility index (Phi) is 7.15. The van der Waals surface area contributed by atoms with Gasteiger partial charge in [-0.2, -0.15) is 0 Å². The summed E-state index contributed by atoms with van der Waals surface area (Å²) in [6.45, 7) is 1.37. The van der Waals surface area contributed by atoms with Crippen molar-refractivity contribution in [2.75, 3.05) is 41.5 Å². The van der Waals surface area contributed by atoms with Crippen molar-refractivity contribution in [3.8, 4) is 33.2 Å². The zero-order valence-corrected chi connectivity index (χ0v) is 20.2. The maximum atomic E-state index is 12.4. The Morgan fingerprint density at radius 2 is 1.48 bits per heavy atom. The molecule has 0 N–H and O–H groups in total. The molecule has 2 amide bonds. The maximum absolute atomic E-state index is 12.4. The molecule has 1 fully saturated rings. The predicted molar refractivity (Wildman–Crippen MR) is 130 cm³/mol. The van der Waals surface area contributed by atoms with Gasteiger partial charge in [0.2, 0.25) is 0 Å². The minimum absolute atomic E-state index is 0.104. The molecule has 1 saturated heterocycles. The molecule has 174 valence electrons. The number of hydrogen-bond donors (Lipinski definition) is 0. The van der Waals surface area contributed by atoms with Gasteiger partial charge in [0.25, 0.3) is 0 Å². The lowest BCUT2D eigenvalue weighted by Crippen LogP contribution is -2.44. The van der Waals surface area contributed by atoms with Crippen LogP contribution in [0.15, 0.2) is 48.5 Å². The molecule has 0 saturated carbocycles. The van der Waals surface area contributed by atoms with E-state index < -0.39 is 0 Å². The van der Waals surface area contributed by atoms with Gasteiger partial charge in [-0.3, -0.25) is 4.84 Å². The van der Waals surface area contributed by atoms with Gasteiger partial charge in [-0.05, 0) is 66.9 Å². The van der Waals surface area contributed by atoms with E-state index in [1.807, 2.05) is 41.3 Å². The van der Waals surface area contributed by atoms with Gasteiger partial charge in [0.1, 0.15) is 11.5 Å². The summed E-state index contributed by atoms with van der Waals surface area (Å²) in [5.74, 6) is 1.96. The third-order valence-electron chi connectivity index (χ3n) is 6.02. The Morgan fingerprint density at radius 1 is 0.939 bits per heavy atom. The van der Waals surface area contributed by atoms with Crippen LogP contribution in [0.5, 0.6) is 11.5 Å². The standard InChI is InChI=1S/C25H29N3O4S/c1-27(32-4)25(29)28-15-13-19(14-16-28)24-26-22(17-5-9-20(30-2)10-6-17)23(33-24)18-7-11-21(31-3)12-8-18/h5-12,19H,13-16H2,1-4H3. The lowest BCUT2D eigenvalue weighted by Gasteiger charge is -2.33. The quantitative estimate of drug-likeness (QED) is 0.461. The number of benzene rings is 2. The highest BCUT2D eigenvalue weighted by molar-refractivity contribution is 7.15. The van der Waals surface area contributed by atoms with E-state index in [4.69, 9.17) is 19.3 Å². The second-order valence-corrected chi connectivity index (χ2v) is 8.94. The van der Waals surface area contributed by atoms with Crippen LogP contribution < -0.4 is 9.47 Å². The molecule has 1 aliphatic rings. The molecular formula is C25H29N3O4S. The van der Waals surface area contributed by atoms with Crippen molar-refractivity contribution in [2.24, 2.45) is 0 Å². The molecule has 2 aromatic carbocycles. The highest BCUT2D eigenvalue weighted by Gasteiger charge is 2.29. The lowest BCUT2D eigenvalue weighted by atomic mass is 9.97. The average molecular weight is 468 g/mol. The number of urea groups is 1. The molecular weight excluding hydrogens is 438 g/mol. The van der Waals surface area contributed by atoms with Gasteiger partial charge in [0.05, 0.1) is 36.9 Å². The lowest BCUT2D eigenvalue weighted by molar-refractivity contribution is -0.0772. The summed E-state index contributed by atoms with van der Waals surface area (Å²) in [5.41, 5.74) is 3.14. The summed E-state index contributed by atoms with van der Waals surface area (Å²) >= 11 is 1.74. The first-order valence-electron chi connectivity index (χ1n) is 10.9. The molecule has 0 atom stereocenters. The molecule has 3 aromatic rings. The van der Waals surface area contributed by atoms with Gasteiger partial charge in [0, 0.05) is 31.6 Å². The molecule has 4 rings (SSSR count). The topological polar surface area (TPSA) is 64.1 Å². The number of ether oxygens (including phenoxy) is 2. The third kappa shape index (κ3) is 4.96. The molecule has 0 unspecified atom stereocenters. The number of methoxy groups -OCH3 is 2. The number of carbonyl (C=O) groups is 1. The van der Waals surface area contributed by atoms with Gasteiger partial charge < -0.3 is 14.4 Å². The monoisotopic (exact) mass is 467 g/mol. The smallest absolute Gasteiger partial charge is 0.343 e. The first-order valence-corrected chi connectivity index (χ1v) is 11.7. The molecule has 8 heteroatoms. The Labute approximate surface area is 198 Å². The number of rotatable bonds is 6. The number of amides is 2. The summed E-state index contributed by atoms with van der Waals surface area (Å²) in [7, 11) is 6.48. The fraction of sp³-hybridized carbons (Fsp3) is 0.360.